The summed E-state index contributed by atoms with van der Waals surface area (Å²) in [5.41, 5.74) is 0.777. The number of methoxy groups -OCH3 is 2. The first-order valence-electron chi connectivity index (χ1n) is 6.45. The van der Waals surface area contributed by atoms with E-state index in [1.54, 1.807) is 14.2 Å². The van der Waals surface area contributed by atoms with Gasteiger partial charge in [-0.3, -0.25) is 0 Å². The highest BCUT2D eigenvalue weighted by molar-refractivity contribution is 5.89. The second kappa shape index (κ2) is 6.43. The summed E-state index contributed by atoms with van der Waals surface area (Å²) in [6.45, 7) is 1.47. The standard InChI is InChI=1S/C14H20N2O3/c1-18-12-5-3-11(4-6-12)15-14(17)16-9-7-13(19-2)8-10-16/h3-6,13H,7-10H2,1-2H3,(H,15,17). The molecule has 0 spiro atoms. The first-order chi connectivity index (χ1) is 9.22. The lowest BCUT2D eigenvalue weighted by Gasteiger charge is -2.31. The van der Waals surface area contributed by atoms with Gasteiger partial charge in [-0.05, 0) is 37.1 Å². The van der Waals surface area contributed by atoms with Crippen LogP contribution in [0.1, 0.15) is 12.8 Å². The molecule has 1 aliphatic heterocycles. The number of likely N-dealkylation sites (tertiary alicyclic amines) is 1. The van der Waals surface area contributed by atoms with E-state index >= 15 is 0 Å². The second-order valence-electron chi connectivity index (χ2n) is 4.58. The minimum absolute atomic E-state index is 0.0558. The number of benzene rings is 1. The first-order valence-corrected chi connectivity index (χ1v) is 6.45. The fourth-order valence-electron chi connectivity index (χ4n) is 2.17. The van der Waals surface area contributed by atoms with Crippen LogP contribution in [0.2, 0.25) is 0 Å². The molecule has 1 fully saturated rings. The van der Waals surface area contributed by atoms with Gasteiger partial charge in [-0.1, -0.05) is 0 Å². The zero-order valence-electron chi connectivity index (χ0n) is 11.4. The van der Waals surface area contributed by atoms with E-state index in [0.29, 0.717) is 0 Å². The van der Waals surface area contributed by atoms with Gasteiger partial charge in [0.2, 0.25) is 0 Å². The summed E-state index contributed by atoms with van der Waals surface area (Å²) < 4.78 is 10.4. The first kappa shape index (κ1) is 13.7. The minimum Gasteiger partial charge on any atom is -0.497 e. The van der Waals surface area contributed by atoms with Gasteiger partial charge >= 0.3 is 6.03 Å². The molecule has 1 aromatic carbocycles. The highest BCUT2D eigenvalue weighted by atomic mass is 16.5. The number of carbonyl (C=O) groups is 1. The summed E-state index contributed by atoms with van der Waals surface area (Å²) in [5.74, 6) is 0.777. The quantitative estimate of drug-likeness (QED) is 0.911. The van der Waals surface area contributed by atoms with E-state index in [-0.39, 0.29) is 12.1 Å². The van der Waals surface area contributed by atoms with Crippen molar-refractivity contribution in [2.45, 2.75) is 18.9 Å². The molecule has 5 nitrogen and oxygen atoms in total. The number of carbonyl (C=O) groups excluding carboxylic acids is 1. The van der Waals surface area contributed by atoms with Gasteiger partial charge in [0.05, 0.1) is 13.2 Å². The van der Waals surface area contributed by atoms with Crippen molar-refractivity contribution in [2.24, 2.45) is 0 Å². The second-order valence-corrected chi connectivity index (χ2v) is 4.58. The molecule has 1 N–H and O–H groups in total. The molecule has 19 heavy (non-hydrogen) atoms. The number of hydrogen-bond acceptors (Lipinski definition) is 3. The van der Waals surface area contributed by atoms with Crippen LogP contribution in [-0.4, -0.2) is 44.3 Å². The summed E-state index contributed by atoms with van der Waals surface area (Å²) in [6.07, 6.45) is 2.07. The third-order valence-corrected chi connectivity index (χ3v) is 3.40. The lowest BCUT2D eigenvalue weighted by atomic mass is 10.1. The molecule has 0 unspecified atom stereocenters. The molecule has 5 heteroatoms. The molecular weight excluding hydrogens is 244 g/mol. The van der Waals surface area contributed by atoms with Gasteiger partial charge < -0.3 is 19.7 Å². The number of piperidine rings is 1. The van der Waals surface area contributed by atoms with E-state index in [1.807, 2.05) is 29.2 Å². The van der Waals surface area contributed by atoms with Crippen LogP contribution in [0.25, 0.3) is 0 Å². The lowest BCUT2D eigenvalue weighted by Crippen LogP contribution is -2.42. The molecule has 1 heterocycles. The molecule has 0 atom stereocenters. The van der Waals surface area contributed by atoms with E-state index in [1.165, 1.54) is 0 Å². The van der Waals surface area contributed by atoms with Gasteiger partial charge in [-0.25, -0.2) is 4.79 Å². The fourth-order valence-corrected chi connectivity index (χ4v) is 2.17. The van der Waals surface area contributed by atoms with Crippen molar-refractivity contribution in [3.05, 3.63) is 24.3 Å². The van der Waals surface area contributed by atoms with Gasteiger partial charge in [0.15, 0.2) is 0 Å². The van der Waals surface area contributed by atoms with E-state index in [2.05, 4.69) is 5.32 Å². The van der Waals surface area contributed by atoms with Crippen LogP contribution >= 0.6 is 0 Å². The largest absolute Gasteiger partial charge is 0.497 e. The average molecular weight is 264 g/mol. The van der Waals surface area contributed by atoms with Crippen LogP contribution < -0.4 is 10.1 Å². The highest BCUT2D eigenvalue weighted by Gasteiger charge is 2.22. The van der Waals surface area contributed by atoms with E-state index in [4.69, 9.17) is 9.47 Å². The molecule has 2 rings (SSSR count). The summed E-state index contributed by atoms with van der Waals surface area (Å²) in [5, 5.41) is 2.89. The molecule has 104 valence electrons. The maximum Gasteiger partial charge on any atom is 0.321 e. The molecule has 0 bridgehead atoms. The van der Waals surface area contributed by atoms with Crippen molar-refractivity contribution in [1.82, 2.24) is 4.90 Å². The Kier molecular flexibility index (Phi) is 4.63. The maximum atomic E-state index is 12.1. The van der Waals surface area contributed by atoms with Crippen molar-refractivity contribution >= 4 is 11.7 Å². The molecule has 0 aromatic heterocycles. The summed E-state index contributed by atoms with van der Waals surface area (Å²) >= 11 is 0. The Labute approximate surface area is 113 Å². The number of ether oxygens (including phenoxy) is 2. The molecule has 0 radical (unpaired) electrons. The number of rotatable bonds is 3. The third-order valence-electron chi connectivity index (χ3n) is 3.40. The Balaban J connectivity index is 1.86. The molecule has 2 amide bonds. The SMILES string of the molecule is COc1ccc(NC(=O)N2CCC(OC)CC2)cc1. The smallest absolute Gasteiger partial charge is 0.321 e. The summed E-state index contributed by atoms with van der Waals surface area (Å²) in [7, 11) is 3.34. The molecule has 1 aliphatic rings. The highest BCUT2D eigenvalue weighted by Crippen LogP contribution is 2.17. The van der Waals surface area contributed by atoms with Crippen molar-refractivity contribution in [3.63, 3.8) is 0 Å². The number of hydrogen-bond donors (Lipinski definition) is 1. The topological polar surface area (TPSA) is 50.8 Å². The Morgan fingerprint density at radius 3 is 2.37 bits per heavy atom. The Morgan fingerprint density at radius 2 is 1.84 bits per heavy atom. The van der Waals surface area contributed by atoms with E-state index in [0.717, 1.165) is 37.4 Å². The van der Waals surface area contributed by atoms with Crippen LogP contribution in [0.5, 0.6) is 5.75 Å². The lowest BCUT2D eigenvalue weighted by molar-refractivity contribution is 0.0521. The predicted octanol–water partition coefficient (Wildman–Crippen LogP) is 2.34. The number of anilines is 1. The van der Waals surface area contributed by atoms with Gasteiger partial charge in [0, 0.05) is 25.9 Å². The van der Waals surface area contributed by atoms with Crippen LogP contribution in [0.3, 0.4) is 0 Å². The zero-order chi connectivity index (χ0) is 13.7. The Morgan fingerprint density at radius 1 is 1.21 bits per heavy atom. The van der Waals surface area contributed by atoms with Crippen molar-refractivity contribution in [1.29, 1.82) is 0 Å². The molecule has 0 saturated carbocycles. The number of urea groups is 1. The Hall–Kier alpha value is -1.75. The van der Waals surface area contributed by atoms with Crippen LogP contribution in [0, 0.1) is 0 Å². The van der Waals surface area contributed by atoms with E-state index in [9.17, 15) is 4.79 Å². The molecular formula is C14H20N2O3. The monoisotopic (exact) mass is 264 g/mol. The van der Waals surface area contributed by atoms with Crippen molar-refractivity contribution in [2.75, 3.05) is 32.6 Å². The number of amides is 2. The fraction of sp³-hybridized carbons (Fsp3) is 0.500. The number of nitrogens with one attached hydrogen (secondary N) is 1. The molecule has 0 aliphatic carbocycles. The third kappa shape index (κ3) is 3.61. The van der Waals surface area contributed by atoms with Crippen molar-refractivity contribution < 1.29 is 14.3 Å². The van der Waals surface area contributed by atoms with Crippen LogP contribution in [-0.2, 0) is 4.74 Å². The zero-order valence-corrected chi connectivity index (χ0v) is 11.4. The summed E-state index contributed by atoms with van der Waals surface area (Å²) in [6, 6.07) is 7.26. The molecule has 1 aromatic rings. The minimum atomic E-state index is -0.0558. The normalized spacial score (nSPS) is 16.2. The predicted molar refractivity (Wildman–Crippen MR) is 73.6 cm³/mol. The van der Waals surface area contributed by atoms with Crippen LogP contribution in [0.4, 0.5) is 10.5 Å². The maximum absolute atomic E-state index is 12.1. The van der Waals surface area contributed by atoms with Gasteiger partial charge in [0.1, 0.15) is 5.75 Å². The van der Waals surface area contributed by atoms with Gasteiger partial charge in [-0.2, -0.15) is 0 Å². The van der Waals surface area contributed by atoms with Crippen LogP contribution in [0.15, 0.2) is 24.3 Å². The number of nitrogens with zero attached hydrogens (tertiary/aromatic N) is 1. The molecule has 1 saturated heterocycles. The van der Waals surface area contributed by atoms with Gasteiger partial charge in [-0.15, -0.1) is 0 Å². The summed E-state index contributed by atoms with van der Waals surface area (Å²) in [4.78, 5) is 13.9. The average Bonchev–Trinajstić information content (AvgIpc) is 2.48. The van der Waals surface area contributed by atoms with E-state index < -0.39 is 0 Å². The van der Waals surface area contributed by atoms with Crippen molar-refractivity contribution in [3.8, 4) is 5.75 Å². The Bertz CT molecular complexity index is 411. The van der Waals surface area contributed by atoms with Gasteiger partial charge in [0.25, 0.3) is 0 Å².